The van der Waals surface area contributed by atoms with E-state index < -0.39 is 11.6 Å². The number of hydrogen-bond donors (Lipinski definition) is 3. The third-order valence-electron chi connectivity index (χ3n) is 11.4. The molecule has 10 nitrogen and oxygen atoms in total. The fraction of sp³-hybridized carbons (Fsp3) is 0.400. The van der Waals surface area contributed by atoms with Crippen LogP contribution in [0.2, 0.25) is 0 Å². The highest BCUT2D eigenvalue weighted by atomic mass is 16.5. The number of H-pyrrole nitrogens is 2. The van der Waals surface area contributed by atoms with Gasteiger partial charge in [-0.1, -0.05) is 55.5 Å². The lowest BCUT2D eigenvalue weighted by Gasteiger charge is -2.43. The Hall–Kier alpha value is -4.96. The van der Waals surface area contributed by atoms with Crippen molar-refractivity contribution in [1.29, 1.82) is 0 Å². The number of imidazole rings is 2. The molecule has 10 heteroatoms. The monoisotopic (exact) mass is 671 g/mol. The summed E-state index contributed by atoms with van der Waals surface area (Å²) in [5.74, 6) is 1.97. The number of hydrogen-bond acceptors (Lipinski definition) is 6. The van der Waals surface area contributed by atoms with Gasteiger partial charge in [0.2, 0.25) is 5.91 Å². The van der Waals surface area contributed by atoms with E-state index in [1.54, 1.807) is 0 Å². The minimum absolute atomic E-state index is 0.0986. The molecule has 50 heavy (non-hydrogen) atoms. The van der Waals surface area contributed by atoms with E-state index in [0.29, 0.717) is 11.3 Å². The van der Waals surface area contributed by atoms with Crippen molar-refractivity contribution < 1.29 is 14.3 Å². The van der Waals surface area contributed by atoms with Crippen LogP contribution < -0.4 is 5.32 Å². The van der Waals surface area contributed by atoms with Gasteiger partial charge in [-0.2, -0.15) is 0 Å². The molecule has 3 fully saturated rings. The molecule has 0 radical (unpaired) electrons. The van der Waals surface area contributed by atoms with Gasteiger partial charge in [0.1, 0.15) is 23.7 Å². The minimum atomic E-state index is -0.609. The maximum absolute atomic E-state index is 13.4. The molecule has 3 aromatic carbocycles. The summed E-state index contributed by atoms with van der Waals surface area (Å²) >= 11 is 0. The number of aromatic amines is 2. The highest BCUT2D eigenvalue weighted by Gasteiger charge is 2.58. The molecule has 3 aliphatic rings. The Labute approximate surface area is 292 Å². The number of nitrogens with one attached hydrogen (secondary N) is 3. The van der Waals surface area contributed by atoms with Gasteiger partial charge < -0.3 is 24.9 Å². The standard InChI is InChI=1S/C40H45N7O3/c1-39(15-16-39)24-46(3)23-35-41-20-33(44-35)26-7-5-25(6-8-26)27-9-10-29-18-30(12-11-28(29)17-27)34-21-42-37(45-34)40(2)31-13-14-32(19-31)47(40)36(48)22-43-38(49)50-4/h5-12,17-18,20-21,31-32H,13-16,19,22-24H2,1-4H3,(H,41,44)(H,42,45)(H,43,49)/t31-,32+,40-/m0/s1. The SMILES string of the molecule is COC(=O)NCC(=O)N1[C@@H]2CC[C@@H](C2)[C@@]1(C)c1ncc(-c2ccc3cc(-c4ccc(-c5cnc(CN(C)CC6(C)CC6)[nH]5)cc4)ccc3c2)[nH]1. The van der Waals surface area contributed by atoms with Crippen LogP contribution in [0.3, 0.4) is 0 Å². The summed E-state index contributed by atoms with van der Waals surface area (Å²) in [6.45, 7) is 6.30. The van der Waals surface area contributed by atoms with E-state index in [1.807, 2.05) is 17.3 Å². The number of alkyl carbamates (subject to hydrolysis) is 1. The predicted molar refractivity (Wildman–Crippen MR) is 194 cm³/mol. The Balaban J connectivity index is 0.967. The lowest BCUT2D eigenvalue weighted by molar-refractivity contribution is -0.139. The zero-order valence-corrected chi connectivity index (χ0v) is 29.3. The summed E-state index contributed by atoms with van der Waals surface area (Å²) in [4.78, 5) is 45.9. The average molecular weight is 672 g/mol. The number of amides is 2. The van der Waals surface area contributed by atoms with Gasteiger partial charge in [-0.15, -0.1) is 0 Å². The van der Waals surface area contributed by atoms with Gasteiger partial charge in [0.05, 0.1) is 37.4 Å². The van der Waals surface area contributed by atoms with Crippen molar-refractivity contribution in [3.63, 3.8) is 0 Å². The van der Waals surface area contributed by atoms with E-state index in [2.05, 4.69) is 111 Å². The van der Waals surface area contributed by atoms with E-state index in [9.17, 15) is 9.59 Å². The number of benzene rings is 3. The first-order valence-corrected chi connectivity index (χ1v) is 17.7. The van der Waals surface area contributed by atoms with Crippen LogP contribution in [-0.4, -0.2) is 75.0 Å². The predicted octanol–water partition coefficient (Wildman–Crippen LogP) is 7.10. The topological polar surface area (TPSA) is 119 Å². The van der Waals surface area contributed by atoms with Gasteiger partial charge in [-0.25, -0.2) is 14.8 Å². The fourth-order valence-corrected chi connectivity index (χ4v) is 8.44. The quantitative estimate of drug-likeness (QED) is 0.146. The Kier molecular flexibility index (Phi) is 8.01. The highest BCUT2D eigenvalue weighted by Crippen LogP contribution is 2.53. The molecule has 8 rings (SSSR count). The van der Waals surface area contributed by atoms with Crippen LogP contribution in [0, 0.1) is 11.3 Å². The van der Waals surface area contributed by atoms with Crippen molar-refractivity contribution in [2.24, 2.45) is 11.3 Å². The maximum atomic E-state index is 13.4. The molecule has 0 unspecified atom stereocenters. The molecule has 3 atom stereocenters. The molecule has 0 spiro atoms. The fourth-order valence-electron chi connectivity index (χ4n) is 8.44. The number of likely N-dealkylation sites (tertiary alicyclic amines) is 1. The Morgan fingerprint density at radius 3 is 2.30 bits per heavy atom. The smallest absolute Gasteiger partial charge is 0.407 e. The Morgan fingerprint density at radius 1 is 0.900 bits per heavy atom. The second kappa shape index (κ2) is 12.4. The highest BCUT2D eigenvalue weighted by molar-refractivity contribution is 5.90. The van der Waals surface area contributed by atoms with Gasteiger partial charge in [-0.05, 0) is 97.0 Å². The van der Waals surface area contributed by atoms with Crippen LogP contribution in [0.25, 0.3) is 44.4 Å². The molecular weight excluding hydrogens is 626 g/mol. The van der Waals surface area contributed by atoms with Gasteiger partial charge in [0, 0.05) is 18.2 Å². The molecule has 5 aromatic rings. The number of carbonyl (C=O) groups excluding carboxylic acids is 2. The number of nitrogens with zero attached hydrogens (tertiary/aromatic N) is 4. The number of aromatic nitrogens is 4. The number of carbonyl (C=O) groups is 2. The van der Waals surface area contributed by atoms with Gasteiger partial charge in [-0.3, -0.25) is 9.69 Å². The lowest BCUT2D eigenvalue weighted by Crippen LogP contribution is -2.54. The third kappa shape index (κ3) is 5.95. The van der Waals surface area contributed by atoms with Crippen LogP contribution in [0.4, 0.5) is 4.79 Å². The zero-order chi connectivity index (χ0) is 34.6. The molecule has 3 heterocycles. The second-order valence-electron chi connectivity index (χ2n) is 15.1. The van der Waals surface area contributed by atoms with E-state index >= 15 is 0 Å². The van der Waals surface area contributed by atoms with Crippen LogP contribution >= 0.6 is 0 Å². The first-order valence-electron chi connectivity index (χ1n) is 17.7. The summed E-state index contributed by atoms with van der Waals surface area (Å²) in [6.07, 6.45) is 8.81. The molecule has 2 bridgehead atoms. The molecule has 1 aliphatic heterocycles. The molecule has 2 aromatic heterocycles. The van der Waals surface area contributed by atoms with E-state index in [1.165, 1.54) is 20.0 Å². The van der Waals surface area contributed by atoms with E-state index in [-0.39, 0.29) is 18.5 Å². The van der Waals surface area contributed by atoms with Crippen LogP contribution in [0.1, 0.15) is 57.6 Å². The van der Waals surface area contributed by atoms with E-state index in [4.69, 9.17) is 4.98 Å². The summed E-state index contributed by atoms with van der Waals surface area (Å²) < 4.78 is 4.67. The number of methoxy groups -OCH3 is 1. The molecular formula is C40H45N7O3. The van der Waals surface area contributed by atoms with Crippen molar-refractivity contribution in [1.82, 2.24) is 35.1 Å². The molecule has 2 amide bonds. The van der Waals surface area contributed by atoms with Gasteiger partial charge >= 0.3 is 6.09 Å². The van der Waals surface area contributed by atoms with Crippen LogP contribution in [0.5, 0.6) is 0 Å². The molecule has 2 saturated carbocycles. The number of ether oxygens (including phenoxy) is 1. The Bertz CT molecular complexity index is 2060. The van der Waals surface area contributed by atoms with Crippen LogP contribution in [-0.2, 0) is 21.6 Å². The van der Waals surface area contributed by atoms with Gasteiger partial charge in [0.15, 0.2) is 0 Å². The van der Waals surface area contributed by atoms with Crippen molar-refractivity contribution in [2.75, 3.05) is 27.2 Å². The van der Waals surface area contributed by atoms with E-state index in [0.717, 1.165) is 88.4 Å². The van der Waals surface area contributed by atoms with Crippen molar-refractivity contribution in [3.8, 4) is 33.6 Å². The Morgan fingerprint density at radius 2 is 1.56 bits per heavy atom. The van der Waals surface area contributed by atoms with Gasteiger partial charge in [0.25, 0.3) is 0 Å². The zero-order valence-electron chi connectivity index (χ0n) is 29.3. The van der Waals surface area contributed by atoms with Crippen molar-refractivity contribution >= 4 is 22.8 Å². The summed E-state index contributed by atoms with van der Waals surface area (Å²) in [6, 6.07) is 21.9. The summed E-state index contributed by atoms with van der Waals surface area (Å²) in [5, 5.41) is 4.85. The second-order valence-corrected chi connectivity index (χ2v) is 15.1. The summed E-state index contributed by atoms with van der Waals surface area (Å²) in [5.41, 5.74) is 6.36. The number of piperidine rings is 1. The largest absolute Gasteiger partial charge is 0.453 e. The van der Waals surface area contributed by atoms with Crippen molar-refractivity contribution in [2.45, 2.75) is 64.1 Å². The first-order chi connectivity index (χ1) is 24.1. The van der Waals surface area contributed by atoms with Crippen LogP contribution in [0.15, 0.2) is 73.1 Å². The number of rotatable bonds is 10. The minimum Gasteiger partial charge on any atom is -0.453 e. The molecule has 2 aliphatic carbocycles. The first kappa shape index (κ1) is 32.3. The average Bonchev–Trinajstić information content (AvgIpc) is 3.66. The molecule has 3 N–H and O–H groups in total. The number of fused-ring (bicyclic) bond motifs is 3. The summed E-state index contributed by atoms with van der Waals surface area (Å²) in [7, 11) is 3.47. The third-order valence-corrected chi connectivity index (χ3v) is 11.4. The normalized spacial score (nSPS) is 22.0. The van der Waals surface area contributed by atoms with Crippen molar-refractivity contribution in [3.05, 3.63) is 84.7 Å². The lowest BCUT2D eigenvalue weighted by atomic mass is 9.83. The maximum Gasteiger partial charge on any atom is 0.407 e. The molecule has 1 saturated heterocycles. The molecule has 258 valence electrons.